The highest BCUT2D eigenvalue weighted by Gasteiger charge is 2.14. The second-order valence-electron chi connectivity index (χ2n) is 3.60. The first kappa shape index (κ1) is 13.1. The van der Waals surface area contributed by atoms with Crippen LogP contribution in [0, 0.1) is 4.77 Å². The van der Waals surface area contributed by atoms with Crippen molar-refractivity contribution in [2.45, 2.75) is 0 Å². The number of hydrogen-bond acceptors (Lipinski definition) is 4. The van der Waals surface area contributed by atoms with E-state index in [4.69, 9.17) is 21.7 Å². The van der Waals surface area contributed by atoms with Crippen LogP contribution in [-0.2, 0) is 7.05 Å². The fourth-order valence-corrected chi connectivity index (χ4v) is 2.25. The summed E-state index contributed by atoms with van der Waals surface area (Å²) >= 11 is 8.60. The normalized spacial score (nSPS) is 10.4. The van der Waals surface area contributed by atoms with Crippen LogP contribution in [0.5, 0.6) is 11.5 Å². The molecule has 0 aliphatic carbocycles. The van der Waals surface area contributed by atoms with Crippen LogP contribution in [0.1, 0.15) is 0 Å². The zero-order valence-electron chi connectivity index (χ0n) is 10.2. The van der Waals surface area contributed by atoms with Crippen LogP contribution < -0.4 is 9.47 Å². The zero-order valence-corrected chi connectivity index (χ0v) is 12.6. The van der Waals surface area contributed by atoms with Gasteiger partial charge in [-0.05, 0) is 40.3 Å². The molecule has 1 aromatic carbocycles. The number of nitrogens with one attached hydrogen (secondary N) is 1. The van der Waals surface area contributed by atoms with E-state index in [2.05, 4.69) is 26.1 Å². The molecule has 0 aliphatic heterocycles. The number of aromatic nitrogens is 3. The first-order valence-corrected chi connectivity index (χ1v) is 6.32. The maximum Gasteiger partial charge on any atom is 0.195 e. The van der Waals surface area contributed by atoms with Crippen molar-refractivity contribution in [2.24, 2.45) is 7.05 Å². The minimum Gasteiger partial charge on any atom is -0.493 e. The lowest BCUT2D eigenvalue weighted by Crippen LogP contribution is -1.96. The third kappa shape index (κ3) is 2.15. The minimum absolute atomic E-state index is 0.562. The van der Waals surface area contributed by atoms with Gasteiger partial charge in [0.1, 0.15) is 0 Å². The Hall–Kier alpha value is -1.34. The van der Waals surface area contributed by atoms with Crippen molar-refractivity contribution in [3.8, 4) is 22.9 Å². The van der Waals surface area contributed by atoms with Gasteiger partial charge in [-0.25, -0.2) is 0 Å². The Bertz CT molecular complexity index is 636. The van der Waals surface area contributed by atoms with Crippen LogP contribution in [0.2, 0.25) is 0 Å². The van der Waals surface area contributed by atoms with Crippen LogP contribution in [0.4, 0.5) is 0 Å². The topological polar surface area (TPSA) is 52.1 Å². The fraction of sp³-hybridized carbons (Fsp3) is 0.273. The van der Waals surface area contributed by atoms with Crippen molar-refractivity contribution in [3.63, 3.8) is 0 Å². The van der Waals surface area contributed by atoms with Crippen molar-refractivity contribution < 1.29 is 9.47 Å². The highest BCUT2D eigenvalue weighted by Crippen LogP contribution is 2.37. The second-order valence-corrected chi connectivity index (χ2v) is 4.84. The lowest BCUT2D eigenvalue weighted by molar-refractivity contribution is 0.355. The van der Waals surface area contributed by atoms with Gasteiger partial charge in [0, 0.05) is 17.1 Å². The summed E-state index contributed by atoms with van der Waals surface area (Å²) in [5.74, 6) is 2.03. The SMILES string of the molecule is COc1cc(Br)c(-c2n[nH]c(=S)n2C)cc1OC. The molecule has 0 saturated heterocycles. The van der Waals surface area contributed by atoms with Gasteiger partial charge in [0.2, 0.25) is 0 Å². The molecule has 1 aromatic heterocycles. The van der Waals surface area contributed by atoms with Crippen LogP contribution >= 0.6 is 28.1 Å². The molecule has 96 valence electrons. The number of ether oxygens (including phenoxy) is 2. The molecule has 0 spiro atoms. The molecule has 2 rings (SSSR count). The second kappa shape index (κ2) is 5.11. The molecule has 0 radical (unpaired) electrons. The molecule has 0 bridgehead atoms. The first-order valence-electron chi connectivity index (χ1n) is 5.11. The average Bonchev–Trinajstić information content (AvgIpc) is 2.70. The Balaban J connectivity index is 2.65. The van der Waals surface area contributed by atoms with E-state index in [-0.39, 0.29) is 0 Å². The molecule has 0 atom stereocenters. The van der Waals surface area contributed by atoms with Gasteiger partial charge in [-0.1, -0.05) is 0 Å². The molecule has 0 saturated carbocycles. The summed E-state index contributed by atoms with van der Waals surface area (Å²) in [4.78, 5) is 0. The Morgan fingerprint density at radius 1 is 1.28 bits per heavy atom. The van der Waals surface area contributed by atoms with Gasteiger partial charge >= 0.3 is 0 Å². The van der Waals surface area contributed by atoms with Crippen LogP contribution in [0.3, 0.4) is 0 Å². The molecule has 7 heteroatoms. The summed E-state index contributed by atoms with van der Waals surface area (Å²) in [5, 5.41) is 6.95. The average molecular weight is 330 g/mol. The summed E-state index contributed by atoms with van der Waals surface area (Å²) in [6.45, 7) is 0. The highest BCUT2D eigenvalue weighted by molar-refractivity contribution is 9.10. The maximum atomic E-state index is 5.28. The summed E-state index contributed by atoms with van der Waals surface area (Å²) < 4.78 is 13.7. The number of rotatable bonds is 3. The monoisotopic (exact) mass is 329 g/mol. The van der Waals surface area contributed by atoms with Crippen molar-refractivity contribution >= 4 is 28.1 Å². The van der Waals surface area contributed by atoms with E-state index in [9.17, 15) is 0 Å². The number of benzene rings is 1. The maximum absolute atomic E-state index is 5.28. The predicted molar refractivity (Wildman–Crippen MR) is 74.6 cm³/mol. The molecule has 1 heterocycles. The number of H-pyrrole nitrogens is 1. The summed E-state index contributed by atoms with van der Waals surface area (Å²) in [5.41, 5.74) is 0.877. The Labute approximate surface area is 118 Å². The van der Waals surface area contributed by atoms with Gasteiger partial charge in [0.15, 0.2) is 22.1 Å². The lowest BCUT2D eigenvalue weighted by Gasteiger charge is -2.11. The van der Waals surface area contributed by atoms with Crippen molar-refractivity contribution in [1.29, 1.82) is 0 Å². The zero-order chi connectivity index (χ0) is 13.3. The molecule has 0 amide bonds. The van der Waals surface area contributed by atoms with Gasteiger partial charge in [0.05, 0.1) is 14.2 Å². The van der Waals surface area contributed by atoms with Gasteiger partial charge < -0.3 is 14.0 Å². The summed E-state index contributed by atoms with van der Waals surface area (Å²) in [6, 6.07) is 3.69. The molecular weight excluding hydrogens is 318 g/mol. The highest BCUT2D eigenvalue weighted by atomic mass is 79.9. The third-order valence-electron chi connectivity index (χ3n) is 2.59. The molecule has 1 N–H and O–H groups in total. The van der Waals surface area contributed by atoms with Crippen molar-refractivity contribution in [3.05, 3.63) is 21.4 Å². The lowest BCUT2D eigenvalue weighted by atomic mass is 10.2. The fourth-order valence-electron chi connectivity index (χ4n) is 1.61. The summed E-state index contributed by atoms with van der Waals surface area (Å²) in [7, 11) is 5.04. The van der Waals surface area contributed by atoms with Gasteiger partial charge in [-0.2, -0.15) is 5.10 Å². The van der Waals surface area contributed by atoms with E-state index in [1.807, 2.05) is 19.2 Å². The largest absolute Gasteiger partial charge is 0.493 e. The van der Waals surface area contributed by atoms with Crippen molar-refractivity contribution in [1.82, 2.24) is 14.8 Å². The molecule has 0 unspecified atom stereocenters. The first-order chi connectivity index (χ1) is 8.58. The molecule has 5 nitrogen and oxygen atoms in total. The number of aromatic amines is 1. The predicted octanol–water partition coefficient (Wildman–Crippen LogP) is 2.92. The molecule has 18 heavy (non-hydrogen) atoms. The van der Waals surface area contributed by atoms with Gasteiger partial charge in [-0.3, -0.25) is 5.10 Å². The van der Waals surface area contributed by atoms with Crippen LogP contribution in [-0.4, -0.2) is 29.0 Å². The van der Waals surface area contributed by atoms with E-state index >= 15 is 0 Å². The minimum atomic E-state index is 0.562. The van der Waals surface area contributed by atoms with E-state index < -0.39 is 0 Å². The number of methoxy groups -OCH3 is 2. The molecule has 2 aromatic rings. The van der Waals surface area contributed by atoms with E-state index in [1.165, 1.54) is 0 Å². The number of hydrogen-bond donors (Lipinski definition) is 1. The number of halogens is 1. The Kier molecular flexibility index (Phi) is 3.72. The molecular formula is C11H12BrN3O2S. The Morgan fingerprint density at radius 2 is 1.89 bits per heavy atom. The Morgan fingerprint density at radius 3 is 2.39 bits per heavy atom. The third-order valence-corrected chi connectivity index (χ3v) is 3.62. The summed E-state index contributed by atoms with van der Waals surface area (Å²) in [6.07, 6.45) is 0. The van der Waals surface area contributed by atoms with Crippen molar-refractivity contribution in [2.75, 3.05) is 14.2 Å². The van der Waals surface area contributed by atoms with Gasteiger partial charge in [0.25, 0.3) is 0 Å². The number of nitrogens with zero attached hydrogens (tertiary/aromatic N) is 2. The standard InChI is InChI=1S/C11H12BrN3O2S/c1-15-10(13-14-11(15)18)6-4-8(16-2)9(17-3)5-7(6)12/h4-5H,1-3H3,(H,14,18). The smallest absolute Gasteiger partial charge is 0.195 e. The van der Waals surface area contributed by atoms with Crippen LogP contribution in [0.15, 0.2) is 16.6 Å². The van der Waals surface area contributed by atoms with E-state index in [1.54, 1.807) is 18.8 Å². The van der Waals surface area contributed by atoms with Gasteiger partial charge in [-0.15, -0.1) is 0 Å². The quantitative estimate of drug-likeness (QED) is 0.879. The molecule has 0 aliphatic rings. The van der Waals surface area contributed by atoms with E-state index in [0.717, 1.165) is 15.9 Å². The van der Waals surface area contributed by atoms with E-state index in [0.29, 0.717) is 16.3 Å². The molecule has 0 fully saturated rings. The van der Waals surface area contributed by atoms with Crippen LogP contribution in [0.25, 0.3) is 11.4 Å².